The Bertz CT molecular complexity index is 867. The lowest BCUT2D eigenvalue weighted by Gasteiger charge is -2.36. The first-order valence-corrected chi connectivity index (χ1v) is 10.7. The number of hydrogen-bond donors (Lipinski definition) is 2. The van der Waals surface area contributed by atoms with Crippen LogP contribution >= 0.6 is 0 Å². The quantitative estimate of drug-likeness (QED) is 0.667. The molecule has 0 spiro atoms. The van der Waals surface area contributed by atoms with Gasteiger partial charge in [0, 0.05) is 29.6 Å². The fourth-order valence-corrected chi connectivity index (χ4v) is 5.01. The summed E-state index contributed by atoms with van der Waals surface area (Å²) in [6, 6.07) is 6.41. The summed E-state index contributed by atoms with van der Waals surface area (Å²) in [5.74, 6) is 2.59. The van der Waals surface area contributed by atoms with Crippen molar-refractivity contribution in [2.45, 2.75) is 70.9 Å². The molecule has 28 heavy (non-hydrogen) atoms. The predicted molar refractivity (Wildman–Crippen MR) is 114 cm³/mol. The maximum atomic E-state index is 12.8. The highest BCUT2D eigenvalue weighted by Crippen LogP contribution is 2.37. The van der Waals surface area contributed by atoms with Crippen molar-refractivity contribution in [2.24, 2.45) is 11.8 Å². The molecule has 0 aliphatic heterocycles. The Hall–Kier alpha value is -2.23. The highest BCUT2D eigenvalue weighted by molar-refractivity contribution is 5.90. The SMILES string of the molecule is CC(C)Oc1cccc2[nH]cc(C(C)CC(=O)NC3CC4C=CCC(C4)C3)c12. The Morgan fingerprint density at radius 1 is 1.25 bits per heavy atom. The molecular formula is C24H32N2O2. The Balaban J connectivity index is 1.44. The first-order valence-electron chi connectivity index (χ1n) is 10.7. The fourth-order valence-electron chi connectivity index (χ4n) is 5.01. The summed E-state index contributed by atoms with van der Waals surface area (Å²) in [6.07, 6.45) is 12.0. The van der Waals surface area contributed by atoms with Crippen LogP contribution in [0.25, 0.3) is 10.9 Å². The number of aromatic amines is 1. The van der Waals surface area contributed by atoms with Crippen LogP contribution in [0.2, 0.25) is 0 Å². The van der Waals surface area contributed by atoms with Gasteiger partial charge in [-0.25, -0.2) is 0 Å². The molecule has 1 amide bonds. The molecular weight excluding hydrogens is 348 g/mol. The average Bonchev–Trinajstić information content (AvgIpc) is 3.06. The normalized spacial score (nSPS) is 25.1. The summed E-state index contributed by atoms with van der Waals surface area (Å²) < 4.78 is 6.02. The van der Waals surface area contributed by atoms with E-state index in [1.807, 2.05) is 32.2 Å². The Kier molecular flexibility index (Phi) is 5.47. The number of rotatable bonds is 6. The van der Waals surface area contributed by atoms with E-state index in [0.29, 0.717) is 18.4 Å². The number of nitrogens with one attached hydrogen (secondary N) is 2. The summed E-state index contributed by atoms with van der Waals surface area (Å²) in [5.41, 5.74) is 2.22. The Morgan fingerprint density at radius 2 is 2.11 bits per heavy atom. The average molecular weight is 381 g/mol. The smallest absolute Gasteiger partial charge is 0.220 e. The molecule has 2 bridgehead atoms. The number of carbonyl (C=O) groups excluding carboxylic acids is 1. The van der Waals surface area contributed by atoms with Gasteiger partial charge < -0.3 is 15.0 Å². The molecule has 0 saturated heterocycles. The van der Waals surface area contributed by atoms with Crippen LogP contribution in [0.15, 0.2) is 36.5 Å². The number of fused-ring (bicyclic) bond motifs is 3. The second kappa shape index (κ2) is 8.02. The summed E-state index contributed by atoms with van der Waals surface area (Å²) >= 11 is 0. The molecule has 4 heteroatoms. The summed E-state index contributed by atoms with van der Waals surface area (Å²) in [6.45, 7) is 6.21. The summed E-state index contributed by atoms with van der Waals surface area (Å²) in [7, 11) is 0. The first-order chi connectivity index (χ1) is 13.5. The third-order valence-corrected chi connectivity index (χ3v) is 6.17. The molecule has 4 atom stereocenters. The third-order valence-electron chi connectivity index (χ3n) is 6.17. The van der Waals surface area contributed by atoms with E-state index in [9.17, 15) is 4.79 Å². The standard InChI is InChI=1S/C24H32N2O2/c1-15(2)28-22-9-5-8-21-24(22)20(14-25-21)16(3)10-23(27)26-19-12-17-6-4-7-18(11-17)13-19/h4-6,8-9,14-19,25H,7,10-13H2,1-3H3,(H,26,27). The van der Waals surface area contributed by atoms with E-state index >= 15 is 0 Å². The molecule has 2 aromatic rings. The number of benzene rings is 1. The number of amides is 1. The minimum atomic E-state index is 0.117. The molecule has 1 fully saturated rings. The number of carbonyl (C=O) groups is 1. The van der Waals surface area contributed by atoms with Gasteiger partial charge in [-0.3, -0.25) is 4.79 Å². The van der Waals surface area contributed by atoms with Gasteiger partial charge in [-0.2, -0.15) is 0 Å². The second-order valence-electron chi connectivity index (χ2n) is 8.96. The monoisotopic (exact) mass is 380 g/mol. The molecule has 150 valence electrons. The van der Waals surface area contributed by atoms with Crippen molar-refractivity contribution in [1.29, 1.82) is 0 Å². The zero-order chi connectivity index (χ0) is 19.7. The van der Waals surface area contributed by atoms with Crippen molar-refractivity contribution >= 4 is 16.8 Å². The van der Waals surface area contributed by atoms with Gasteiger partial charge in [0.2, 0.25) is 5.91 Å². The van der Waals surface area contributed by atoms with E-state index in [2.05, 4.69) is 35.4 Å². The van der Waals surface area contributed by atoms with Gasteiger partial charge in [-0.1, -0.05) is 25.1 Å². The lowest BCUT2D eigenvalue weighted by molar-refractivity contribution is -0.122. The molecule has 1 saturated carbocycles. The maximum Gasteiger partial charge on any atom is 0.220 e. The Labute approximate surface area is 167 Å². The molecule has 4 rings (SSSR count). The van der Waals surface area contributed by atoms with Crippen LogP contribution in [-0.4, -0.2) is 23.0 Å². The third kappa shape index (κ3) is 4.11. The minimum absolute atomic E-state index is 0.117. The maximum absolute atomic E-state index is 12.8. The molecule has 2 aliphatic rings. The lowest BCUT2D eigenvalue weighted by Crippen LogP contribution is -2.41. The minimum Gasteiger partial charge on any atom is -0.490 e. The van der Waals surface area contributed by atoms with Gasteiger partial charge in [0.25, 0.3) is 0 Å². The highest BCUT2D eigenvalue weighted by atomic mass is 16.5. The van der Waals surface area contributed by atoms with Gasteiger partial charge in [0.1, 0.15) is 5.75 Å². The first kappa shape index (κ1) is 19.1. The van der Waals surface area contributed by atoms with Gasteiger partial charge in [0.05, 0.1) is 6.10 Å². The van der Waals surface area contributed by atoms with E-state index in [0.717, 1.165) is 41.0 Å². The van der Waals surface area contributed by atoms with E-state index in [1.54, 1.807) is 0 Å². The van der Waals surface area contributed by atoms with E-state index in [4.69, 9.17) is 4.74 Å². The van der Waals surface area contributed by atoms with Crippen LogP contribution in [0, 0.1) is 11.8 Å². The predicted octanol–water partition coefficient (Wildman–Crippen LogP) is 5.31. The van der Waals surface area contributed by atoms with Crippen molar-refractivity contribution < 1.29 is 9.53 Å². The number of H-pyrrole nitrogens is 1. The van der Waals surface area contributed by atoms with Gasteiger partial charge in [0.15, 0.2) is 0 Å². The molecule has 4 nitrogen and oxygen atoms in total. The molecule has 1 aromatic carbocycles. The highest BCUT2D eigenvalue weighted by Gasteiger charge is 2.30. The van der Waals surface area contributed by atoms with Crippen molar-refractivity contribution in [2.75, 3.05) is 0 Å². The van der Waals surface area contributed by atoms with Crippen LogP contribution in [0.3, 0.4) is 0 Å². The fraction of sp³-hybridized carbons (Fsp3) is 0.542. The number of allylic oxidation sites excluding steroid dienone is 2. The Morgan fingerprint density at radius 3 is 2.89 bits per heavy atom. The topological polar surface area (TPSA) is 54.1 Å². The van der Waals surface area contributed by atoms with Crippen LogP contribution in [0.5, 0.6) is 5.75 Å². The van der Waals surface area contributed by atoms with Crippen LogP contribution < -0.4 is 10.1 Å². The largest absolute Gasteiger partial charge is 0.490 e. The second-order valence-corrected chi connectivity index (χ2v) is 8.96. The molecule has 0 radical (unpaired) electrons. The van der Waals surface area contributed by atoms with E-state index < -0.39 is 0 Å². The number of aromatic nitrogens is 1. The van der Waals surface area contributed by atoms with Crippen molar-refractivity contribution in [3.8, 4) is 5.75 Å². The van der Waals surface area contributed by atoms with Crippen molar-refractivity contribution in [1.82, 2.24) is 10.3 Å². The molecule has 1 aromatic heterocycles. The molecule has 4 unspecified atom stereocenters. The summed E-state index contributed by atoms with van der Waals surface area (Å²) in [4.78, 5) is 16.1. The van der Waals surface area contributed by atoms with Crippen LogP contribution in [0.1, 0.15) is 64.4 Å². The zero-order valence-electron chi connectivity index (χ0n) is 17.2. The molecule has 2 N–H and O–H groups in total. The van der Waals surface area contributed by atoms with E-state index in [1.165, 1.54) is 12.8 Å². The molecule has 2 aliphatic carbocycles. The van der Waals surface area contributed by atoms with Gasteiger partial charge >= 0.3 is 0 Å². The van der Waals surface area contributed by atoms with Crippen LogP contribution in [-0.2, 0) is 4.79 Å². The van der Waals surface area contributed by atoms with Gasteiger partial charge in [-0.05, 0) is 75.0 Å². The zero-order valence-corrected chi connectivity index (χ0v) is 17.2. The van der Waals surface area contributed by atoms with Gasteiger partial charge in [-0.15, -0.1) is 0 Å². The van der Waals surface area contributed by atoms with Crippen molar-refractivity contribution in [3.63, 3.8) is 0 Å². The van der Waals surface area contributed by atoms with E-state index in [-0.39, 0.29) is 17.9 Å². The van der Waals surface area contributed by atoms with Crippen molar-refractivity contribution in [3.05, 3.63) is 42.1 Å². The number of hydrogen-bond acceptors (Lipinski definition) is 2. The summed E-state index contributed by atoms with van der Waals surface area (Å²) in [5, 5.41) is 4.43. The lowest BCUT2D eigenvalue weighted by atomic mass is 9.74. The number of ether oxygens (including phenoxy) is 1. The molecule has 1 heterocycles. The van der Waals surface area contributed by atoms with Crippen LogP contribution in [0.4, 0.5) is 0 Å².